The predicted octanol–water partition coefficient (Wildman–Crippen LogP) is 3.10. The molecule has 1 N–H and O–H groups in total. The van der Waals surface area contributed by atoms with Crippen molar-refractivity contribution in [3.8, 4) is 0 Å². The molecular weight excluding hydrogens is 260 g/mol. The molecule has 1 amide bonds. The number of rotatable bonds is 8. The minimum absolute atomic E-state index is 0.149. The van der Waals surface area contributed by atoms with Gasteiger partial charge in [-0.15, -0.1) is 0 Å². The van der Waals surface area contributed by atoms with Gasteiger partial charge in [0.1, 0.15) is 0 Å². The fourth-order valence-electron chi connectivity index (χ4n) is 2.30. The van der Waals surface area contributed by atoms with E-state index >= 15 is 0 Å². The number of hydrogen-bond acceptors (Lipinski definition) is 2. The van der Waals surface area contributed by atoms with Gasteiger partial charge in [0.2, 0.25) is 5.91 Å². The van der Waals surface area contributed by atoms with Crippen molar-refractivity contribution in [2.75, 3.05) is 13.6 Å². The summed E-state index contributed by atoms with van der Waals surface area (Å²) in [4.78, 5) is 14.5. The third kappa shape index (κ3) is 6.76. The molecule has 1 rings (SSSR count). The summed E-state index contributed by atoms with van der Waals surface area (Å²) in [5, 5.41) is 3.41. The van der Waals surface area contributed by atoms with Crippen LogP contribution in [-0.4, -0.2) is 36.5 Å². The van der Waals surface area contributed by atoms with Crippen LogP contribution >= 0.6 is 0 Å². The molecule has 0 saturated carbocycles. The van der Waals surface area contributed by atoms with Crippen LogP contribution in [-0.2, 0) is 11.2 Å². The lowest BCUT2D eigenvalue weighted by atomic mass is 10.0. The lowest BCUT2D eigenvalue weighted by molar-refractivity contribution is -0.132. The fourth-order valence-corrected chi connectivity index (χ4v) is 2.30. The molecule has 0 heterocycles. The standard InChI is InChI=1S/C18H30N2O/c1-14(2)11-12-20(5)18(21)17(19-15(3)4)13-16-9-7-6-8-10-16/h6-10,14-15,17,19H,11-13H2,1-5H3. The topological polar surface area (TPSA) is 32.3 Å². The first-order valence-electron chi connectivity index (χ1n) is 7.95. The van der Waals surface area contributed by atoms with Crippen LogP contribution in [0, 0.1) is 5.92 Å². The third-order valence-corrected chi connectivity index (χ3v) is 3.53. The lowest BCUT2D eigenvalue weighted by Gasteiger charge is -2.27. The third-order valence-electron chi connectivity index (χ3n) is 3.53. The summed E-state index contributed by atoms with van der Waals surface area (Å²) in [5.41, 5.74) is 1.20. The Bertz CT molecular complexity index is 414. The molecule has 118 valence electrons. The number of nitrogens with zero attached hydrogens (tertiary/aromatic N) is 1. The van der Waals surface area contributed by atoms with Crippen LogP contribution in [0.1, 0.15) is 39.7 Å². The van der Waals surface area contributed by atoms with Gasteiger partial charge in [0.05, 0.1) is 6.04 Å². The Hall–Kier alpha value is -1.35. The molecule has 0 aliphatic heterocycles. The second-order valence-electron chi connectivity index (χ2n) is 6.51. The van der Waals surface area contributed by atoms with Crippen molar-refractivity contribution in [1.29, 1.82) is 0 Å². The molecule has 1 aromatic rings. The minimum atomic E-state index is -0.149. The molecule has 0 aliphatic rings. The number of likely N-dealkylation sites (N-methyl/N-ethyl adjacent to an activating group) is 1. The Balaban J connectivity index is 2.69. The Kier molecular flexibility index (Phi) is 7.44. The first-order chi connectivity index (χ1) is 9.90. The quantitative estimate of drug-likeness (QED) is 0.798. The van der Waals surface area contributed by atoms with Crippen LogP contribution in [0.5, 0.6) is 0 Å². The van der Waals surface area contributed by atoms with Crippen molar-refractivity contribution in [3.63, 3.8) is 0 Å². The van der Waals surface area contributed by atoms with E-state index in [4.69, 9.17) is 0 Å². The lowest BCUT2D eigenvalue weighted by Crippen LogP contribution is -2.49. The molecule has 1 aromatic carbocycles. The van der Waals surface area contributed by atoms with Gasteiger partial charge in [-0.2, -0.15) is 0 Å². The molecule has 1 unspecified atom stereocenters. The molecule has 0 aliphatic carbocycles. The number of hydrogen-bond donors (Lipinski definition) is 1. The monoisotopic (exact) mass is 290 g/mol. The molecule has 3 heteroatoms. The van der Waals surface area contributed by atoms with Crippen LogP contribution in [0.15, 0.2) is 30.3 Å². The van der Waals surface area contributed by atoms with Gasteiger partial charge in [-0.25, -0.2) is 0 Å². The summed E-state index contributed by atoms with van der Waals surface area (Å²) in [6.07, 6.45) is 1.78. The Morgan fingerprint density at radius 3 is 2.29 bits per heavy atom. The number of benzene rings is 1. The van der Waals surface area contributed by atoms with Crippen LogP contribution in [0.3, 0.4) is 0 Å². The van der Waals surface area contributed by atoms with E-state index in [1.54, 1.807) is 0 Å². The second kappa shape index (κ2) is 8.83. The van der Waals surface area contributed by atoms with Gasteiger partial charge in [0.25, 0.3) is 0 Å². The zero-order valence-electron chi connectivity index (χ0n) is 14.1. The van der Waals surface area contributed by atoms with Crippen molar-refractivity contribution in [2.24, 2.45) is 5.92 Å². The molecule has 0 bridgehead atoms. The van der Waals surface area contributed by atoms with Gasteiger partial charge in [0.15, 0.2) is 0 Å². The Morgan fingerprint density at radius 1 is 1.14 bits per heavy atom. The Morgan fingerprint density at radius 2 is 1.76 bits per heavy atom. The van der Waals surface area contributed by atoms with Gasteiger partial charge in [-0.1, -0.05) is 58.0 Å². The first kappa shape index (κ1) is 17.7. The normalized spacial score (nSPS) is 12.7. The van der Waals surface area contributed by atoms with Crippen molar-refractivity contribution in [2.45, 2.75) is 52.6 Å². The van der Waals surface area contributed by atoms with Gasteiger partial charge in [0, 0.05) is 19.6 Å². The maximum absolute atomic E-state index is 12.7. The van der Waals surface area contributed by atoms with Crippen molar-refractivity contribution in [1.82, 2.24) is 10.2 Å². The van der Waals surface area contributed by atoms with Gasteiger partial charge in [-0.3, -0.25) is 4.79 Å². The van der Waals surface area contributed by atoms with E-state index in [0.717, 1.165) is 19.4 Å². The summed E-state index contributed by atoms with van der Waals surface area (Å²) in [5.74, 6) is 0.805. The molecule has 3 nitrogen and oxygen atoms in total. The summed E-state index contributed by atoms with van der Waals surface area (Å²) in [6.45, 7) is 9.36. The highest BCUT2D eigenvalue weighted by molar-refractivity contribution is 5.82. The van der Waals surface area contributed by atoms with Crippen LogP contribution in [0.2, 0.25) is 0 Å². The second-order valence-corrected chi connectivity index (χ2v) is 6.51. The van der Waals surface area contributed by atoms with E-state index in [0.29, 0.717) is 12.0 Å². The molecule has 0 radical (unpaired) electrons. The van der Waals surface area contributed by atoms with E-state index < -0.39 is 0 Å². The molecular formula is C18H30N2O. The smallest absolute Gasteiger partial charge is 0.239 e. The predicted molar refractivity (Wildman–Crippen MR) is 89.3 cm³/mol. The molecule has 0 aromatic heterocycles. The summed E-state index contributed by atoms with van der Waals surface area (Å²) in [6, 6.07) is 10.4. The highest BCUT2D eigenvalue weighted by Gasteiger charge is 2.22. The minimum Gasteiger partial charge on any atom is -0.344 e. The van der Waals surface area contributed by atoms with Crippen molar-refractivity contribution < 1.29 is 4.79 Å². The maximum Gasteiger partial charge on any atom is 0.239 e. The summed E-state index contributed by atoms with van der Waals surface area (Å²) in [7, 11) is 1.91. The molecule has 0 spiro atoms. The van der Waals surface area contributed by atoms with E-state index in [-0.39, 0.29) is 11.9 Å². The maximum atomic E-state index is 12.7. The number of carbonyl (C=O) groups excluding carboxylic acids is 1. The molecule has 0 saturated heterocycles. The molecule has 21 heavy (non-hydrogen) atoms. The Labute approximate surface area is 129 Å². The van der Waals surface area contributed by atoms with Gasteiger partial charge >= 0.3 is 0 Å². The zero-order valence-corrected chi connectivity index (χ0v) is 14.1. The van der Waals surface area contributed by atoms with Gasteiger partial charge in [-0.05, 0) is 24.3 Å². The van der Waals surface area contributed by atoms with Gasteiger partial charge < -0.3 is 10.2 Å². The van der Waals surface area contributed by atoms with Crippen molar-refractivity contribution in [3.05, 3.63) is 35.9 Å². The van der Waals surface area contributed by atoms with E-state index in [2.05, 4.69) is 45.1 Å². The van der Waals surface area contributed by atoms with Crippen molar-refractivity contribution >= 4 is 5.91 Å². The van der Waals surface area contributed by atoms with Crippen LogP contribution in [0.25, 0.3) is 0 Å². The molecule has 1 atom stereocenters. The first-order valence-corrected chi connectivity index (χ1v) is 7.95. The zero-order chi connectivity index (χ0) is 15.8. The highest BCUT2D eigenvalue weighted by atomic mass is 16.2. The van der Waals surface area contributed by atoms with Crippen LogP contribution < -0.4 is 5.32 Å². The largest absolute Gasteiger partial charge is 0.344 e. The SMILES string of the molecule is CC(C)CCN(C)C(=O)C(Cc1ccccc1)NC(C)C. The van der Waals surface area contributed by atoms with E-state index in [1.165, 1.54) is 5.56 Å². The highest BCUT2D eigenvalue weighted by Crippen LogP contribution is 2.08. The average molecular weight is 290 g/mol. The number of carbonyl (C=O) groups is 1. The number of nitrogens with one attached hydrogen (secondary N) is 1. The van der Waals surface area contributed by atoms with Crippen LogP contribution in [0.4, 0.5) is 0 Å². The number of amides is 1. The fraction of sp³-hybridized carbons (Fsp3) is 0.611. The van der Waals surface area contributed by atoms with E-state index in [1.807, 2.05) is 30.1 Å². The summed E-state index contributed by atoms with van der Waals surface area (Å²) >= 11 is 0. The molecule has 0 fully saturated rings. The summed E-state index contributed by atoms with van der Waals surface area (Å²) < 4.78 is 0. The van der Waals surface area contributed by atoms with E-state index in [9.17, 15) is 4.79 Å². The average Bonchev–Trinajstić information content (AvgIpc) is 2.43.